The van der Waals surface area contributed by atoms with Gasteiger partial charge in [-0.15, -0.1) is 6.58 Å². The average Bonchev–Trinajstić information content (AvgIpc) is 2.28. The normalized spacial score (nSPS) is 12.3. The molecule has 0 aromatic heterocycles. The minimum absolute atomic E-state index is 0.617. The number of hydrogen-bond donors (Lipinski definition) is 0. The molecule has 0 saturated heterocycles. The summed E-state index contributed by atoms with van der Waals surface area (Å²) in [6.07, 6.45) is 4.21. The fourth-order valence-corrected chi connectivity index (χ4v) is 1.44. The van der Waals surface area contributed by atoms with Crippen LogP contribution < -0.4 is 0 Å². The Morgan fingerprint density at radius 3 is 2.73 bits per heavy atom. The first-order valence-electron chi connectivity index (χ1n) is 5.55. The van der Waals surface area contributed by atoms with E-state index < -0.39 is 0 Å². The van der Waals surface area contributed by atoms with Crippen LogP contribution in [0, 0.1) is 5.92 Å². The van der Waals surface area contributed by atoms with Crippen LogP contribution in [0.25, 0.3) is 0 Å². The number of rotatable bonds is 7. The highest BCUT2D eigenvalue weighted by molar-refractivity contribution is 5.13. The number of ether oxygens (including phenoxy) is 1. The molecule has 15 heavy (non-hydrogen) atoms. The lowest BCUT2D eigenvalue weighted by atomic mass is 10.1. The van der Waals surface area contributed by atoms with E-state index in [4.69, 9.17) is 4.74 Å². The molecule has 0 heterocycles. The van der Waals surface area contributed by atoms with Gasteiger partial charge in [-0.1, -0.05) is 43.3 Å². The Hall–Kier alpha value is -1.08. The van der Waals surface area contributed by atoms with E-state index in [1.165, 1.54) is 5.56 Å². The molecule has 0 aliphatic rings. The molecule has 1 aromatic carbocycles. The number of hydrogen-bond acceptors (Lipinski definition) is 1. The minimum atomic E-state index is 0.617. The SMILES string of the molecule is C=CCCC(C)COCc1ccccc1. The predicted molar refractivity (Wildman–Crippen MR) is 64.7 cm³/mol. The van der Waals surface area contributed by atoms with Gasteiger partial charge in [-0.2, -0.15) is 0 Å². The summed E-state index contributed by atoms with van der Waals surface area (Å²) in [5.41, 5.74) is 1.24. The van der Waals surface area contributed by atoms with Crippen LogP contribution >= 0.6 is 0 Å². The van der Waals surface area contributed by atoms with Gasteiger partial charge in [0.15, 0.2) is 0 Å². The average molecular weight is 204 g/mol. The van der Waals surface area contributed by atoms with Crippen LogP contribution in [0.3, 0.4) is 0 Å². The number of allylic oxidation sites excluding steroid dienone is 1. The van der Waals surface area contributed by atoms with E-state index in [0.717, 1.165) is 26.1 Å². The van der Waals surface area contributed by atoms with Crippen molar-refractivity contribution in [3.63, 3.8) is 0 Å². The molecule has 1 atom stereocenters. The van der Waals surface area contributed by atoms with Gasteiger partial charge in [0.1, 0.15) is 0 Å². The van der Waals surface area contributed by atoms with Gasteiger partial charge in [0, 0.05) is 6.61 Å². The van der Waals surface area contributed by atoms with Gasteiger partial charge in [-0.25, -0.2) is 0 Å². The maximum Gasteiger partial charge on any atom is 0.0717 e. The minimum Gasteiger partial charge on any atom is -0.376 e. The van der Waals surface area contributed by atoms with Gasteiger partial charge >= 0.3 is 0 Å². The van der Waals surface area contributed by atoms with Gasteiger partial charge in [0.05, 0.1) is 6.61 Å². The molecule has 0 amide bonds. The second kappa shape index (κ2) is 7.24. The highest BCUT2D eigenvalue weighted by Crippen LogP contribution is 2.08. The van der Waals surface area contributed by atoms with Crippen molar-refractivity contribution in [1.29, 1.82) is 0 Å². The maximum atomic E-state index is 5.64. The fraction of sp³-hybridized carbons (Fsp3) is 0.429. The smallest absolute Gasteiger partial charge is 0.0717 e. The lowest BCUT2D eigenvalue weighted by Gasteiger charge is -2.10. The lowest BCUT2D eigenvalue weighted by Crippen LogP contribution is -2.05. The summed E-state index contributed by atoms with van der Waals surface area (Å²) in [6.45, 7) is 7.49. The molecule has 1 aromatic rings. The molecule has 0 fully saturated rings. The highest BCUT2D eigenvalue weighted by Gasteiger charge is 2.00. The van der Waals surface area contributed by atoms with Crippen LogP contribution in [0.4, 0.5) is 0 Å². The van der Waals surface area contributed by atoms with E-state index in [1.807, 2.05) is 24.3 Å². The standard InChI is InChI=1S/C14H20O/c1-3-4-8-13(2)11-15-12-14-9-6-5-7-10-14/h3,5-7,9-10,13H,1,4,8,11-12H2,2H3. The number of benzene rings is 1. The van der Waals surface area contributed by atoms with Crippen molar-refractivity contribution in [3.05, 3.63) is 48.6 Å². The molecule has 0 saturated carbocycles. The van der Waals surface area contributed by atoms with Crippen LogP contribution in [0.15, 0.2) is 43.0 Å². The Balaban J connectivity index is 2.13. The maximum absolute atomic E-state index is 5.64. The van der Waals surface area contributed by atoms with Crippen LogP contribution in [0.1, 0.15) is 25.3 Å². The summed E-state index contributed by atoms with van der Waals surface area (Å²) in [5, 5.41) is 0. The zero-order chi connectivity index (χ0) is 10.9. The Bertz CT molecular complexity index is 266. The van der Waals surface area contributed by atoms with Crippen LogP contribution in [0.2, 0.25) is 0 Å². The topological polar surface area (TPSA) is 9.23 Å². The van der Waals surface area contributed by atoms with Crippen LogP contribution in [0.5, 0.6) is 0 Å². The predicted octanol–water partition coefficient (Wildman–Crippen LogP) is 3.81. The molecular weight excluding hydrogens is 184 g/mol. The summed E-state index contributed by atoms with van der Waals surface area (Å²) in [6, 6.07) is 10.3. The summed E-state index contributed by atoms with van der Waals surface area (Å²) in [5.74, 6) is 0.617. The van der Waals surface area contributed by atoms with Crippen molar-refractivity contribution in [2.24, 2.45) is 5.92 Å². The summed E-state index contributed by atoms with van der Waals surface area (Å²) < 4.78 is 5.64. The van der Waals surface area contributed by atoms with E-state index in [0.29, 0.717) is 5.92 Å². The zero-order valence-electron chi connectivity index (χ0n) is 9.49. The van der Waals surface area contributed by atoms with E-state index in [1.54, 1.807) is 0 Å². The van der Waals surface area contributed by atoms with Crippen molar-refractivity contribution in [3.8, 4) is 0 Å². The zero-order valence-corrected chi connectivity index (χ0v) is 9.49. The van der Waals surface area contributed by atoms with Crippen molar-refractivity contribution in [1.82, 2.24) is 0 Å². The van der Waals surface area contributed by atoms with Gasteiger partial charge in [-0.05, 0) is 24.3 Å². The molecule has 0 aliphatic heterocycles. The largest absolute Gasteiger partial charge is 0.376 e. The van der Waals surface area contributed by atoms with E-state index >= 15 is 0 Å². The summed E-state index contributed by atoms with van der Waals surface area (Å²) >= 11 is 0. The van der Waals surface area contributed by atoms with Gasteiger partial charge in [-0.3, -0.25) is 0 Å². The van der Waals surface area contributed by atoms with Crippen molar-refractivity contribution in [2.45, 2.75) is 26.4 Å². The lowest BCUT2D eigenvalue weighted by molar-refractivity contribution is 0.0899. The molecular formula is C14H20O. The Morgan fingerprint density at radius 2 is 2.07 bits per heavy atom. The first kappa shape index (κ1) is 12.0. The van der Waals surface area contributed by atoms with Gasteiger partial charge in [0.2, 0.25) is 0 Å². The molecule has 0 aliphatic carbocycles. The van der Waals surface area contributed by atoms with E-state index in [9.17, 15) is 0 Å². The van der Waals surface area contributed by atoms with E-state index in [2.05, 4.69) is 25.6 Å². The first-order chi connectivity index (χ1) is 7.33. The molecule has 1 nitrogen and oxygen atoms in total. The third-order valence-corrected chi connectivity index (χ3v) is 2.38. The molecule has 0 spiro atoms. The third-order valence-electron chi connectivity index (χ3n) is 2.38. The van der Waals surface area contributed by atoms with Crippen molar-refractivity contribution in [2.75, 3.05) is 6.61 Å². The molecule has 1 unspecified atom stereocenters. The second-order valence-electron chi connectivity index (χ2n) is 3.97. The highest BCUT2D eigenvalue weighted by atomic mass is 16.5. The molecule has 82 valence electrons. The monoisotopic (exact) mass is 204 g/mol. The van der Waals surface area contributed by atoms with Crippen LogP contribution in [-0.4, -0.2) is 6.61 Å². The van der Waals surface area contributed by atoms with Crippen molar-refractivity contribution < 1.29 is 4.74 Å². The third kappa shape index (κ3) is 5.38. The molecule has 1 heteroatoms. The van der Waals surface area contributed by atoms with Crippen molar-refractivity contribution >= 4 is 0 Å². The molecule has 0 radical (unpaired) electrons. The summed E-state index contributed by atoms with van der Waals surface area (Å²) in [4.78, 5) is 0. The summed E-state index contributed by atoms with van der Waals surface area (Å²) in [7, 11) is 0. The Morgan fingerprint density at radius 1 is 1.33 bits per heavy atom. The van der Waals surface area contributed by atoms with Gasteiger partial charge in [0.25, 0.3) is 0 Å². The van der Waals surface area contributed by atoms with Crippen LogP contribution in [-0.2, 0) is 11.3 Å². The Kier molecular flexibility index (Phi) is 5.79. The second-order valence-corrected chi connectivity index (χ2v) is 3.97. The molecule has 1 rings (SSSR count). The quantitative estimate of drug-likeness (QED) is 0.614. The molecule has 0 bridgehead atoms. The van der Waals surface area contributed by atoms with E-state index in [-0.39, 0.29) is 0 Å². The van der Waals surface area contributed by atoms with Gasteiger partial charge < -0.3 is 4.74 Å². The fourth-order valence-electron chi connectivity index (χ4n) is 1.44. The Labute approximate surface area is 92.8 Å². The first-order valence-corrected chi connectivity index (χ1v) is 5.55. The molecule has 0 N–H and O–H groups in total.